The van der Waals surface area contributed by atoms with Gasteiger partial charge in [0.05, 0.1) is 22.0 Å². The van der Waals surface area contributed by atoms with Crippen molar-refractivity contribution in [2.45, 2.75) is 32.4 Å². The fourth-order valence-corrected chi connectivity index (χ4v) is 3.82. The van der Waals surface area contributed by atoms with Gasteiger partial charge in [-0.2, -0.15) is 18.3 Å². The molecule has 0 fully saturated rings. The highest BCUT2D eigenvalue weighted by molar-refractivity contribution is 6.33. The quantitative estimate of drug-likeness (QED) is 0.554. The SMILES string of the molecule is CC(C)c1ccccc1-n1nc(-c2cc(C(F)(F)F)ccc2Cl)c2c1NCC2. The van der Waals surface area contributed by atoms with Crippen LogP contribution in [-0.4, -0.2) is 16.3 Å². The molecule has 0 spiro atoms. The number of hydrogen-bond donors (Lipinski definition) is 1. The van der Waals surface area contributed by atoms with Crippen molar-refractivity contribution in [3.05, 3.63) is 64.2 Å². The number of benzene rings is 2. The Morgan fingerprint density at radius 3 is 2.61 bits per heavy atom. The minimum atomic E-state index is -4.44. The summed E-state index contributed by atoms with van der Waals surface area (Å²) in [4.78, 5) is 0. The summed E-state index contributed by atoms with van der Waals surface area (Å²) < 4.78 is 41.5. The van der Waals surface area contributed by atoms with Gasteiger partial charge in [-0.05, 0) is 42.2 Å². The average molecular weight is 406 g/mol. The number of aromatic nitrogens is 2. The predicted octanol–water partition coefficient (Wildman–Crippen LogP) is 6.30. The first-order chi connectivity index (χ1) is 13.3. The Kier molecular flexibility index (Phi) is 4.62. The van der Waals surface area contributed by atoms with Gasteiger partial charge in [-0.1, -0.05) is 43.6 Å². The van der Waals surface area contributed by atoms with Crippen molar-refractivity contribution in [3.63, 3.8) is 0 Å². The van der Waals surface area contributed by atoms with Crippen LogP contribution in [0.1, 0.15) is 36.5 Å². The Labute approximate surface area is 166 Å². The lowest BCUT2D eigenvalue weighted by atomic mass is 10.0. The van der Waals surface area contributed by atoms with E-state index in [4.69, 9.17) is 16.7 Å². The van der Waals surface area contributed by atoms with Gasteiger partial charge in [0.25, 0.3) is 0 Å². The molecule has 0 radical (unpaired) electrons. The molecular formula is C21H19ClF3N3. The van der Waals surface area contributed by atoms with Gasteiger partial charge >= 0.3 is 6.18 Å². The molecular weight excluding hydrogens is 387 g/mol. The molecule has 3 nitrogen and oxygen atoms in total. The highest BCUT2D eigenvalue weighted by atomic mass is 35.5. The third-order valence-electron chi connectivity index (χ3n) is 4.99. The average Bonchev–Trinajstić information content (AvgIpc) is 3.24. The van der Waals surface area contributed by atoms with Crippen molar-refractivity contribution in [3.8, 4) is 16.9 Å². The molecule has 4 rings (SSSR count). The second-order valence-corrected chi connectivity index (χ2v) is 7.58. The van der Waals surface area contributed by atoms with E-state index in [0.29, 0.717) is 24.2 Å². The molecule has 0 unspecified atom stereocenters. The summed E-state index contributed by atoms with van der Waals surface area (Å²) in [5.41, 5.74) is 2.98. The topological polar surface area (TPSA) is 29.9 Å². The van der Waals surface area contributed by atoms with Crippen LogP contribution in [-0.2, 0) is 12.6 Å². The van der Waals surface area contributed by atoms with E-state index in [2.05, 4.69) is 19.2 Å². The number of para-hydroxylation sites is 1. The number of anilines is 1. The van der Waals surface area contributed by atoms with Gasteiger partial charge in [-0.25, -0.2) is 4.68 Å². The Morgan fingerprint density at radius 1 is 1.14 bits per heavy atom. The third-order valence-corrected chi connectivity index (χ3v) is 5.32. The van der Waals surface area contributed by atoms with Crippen LogP contribution >= 0.6 is 11.6 Å². The van der Waals surface area contributed by atoms with Gasteiger partial charge in [0.1, 0.15) is 5.82 Å². The van der Waals surface area contributed by atoms with E-state index in [-0.39, 0.29) is 10.9 Å². The van der Waals surface area contributed by atoms with E-state index < -0.39 is 11.7 Å². The van der Waals surface area contributed by atoms with Gasteiger partial charge < -0.3 is 5.32 Å². The van der Waals surface area contributed by atoms with Crippen LogP contribution < -0.4 is 5.32 Å². The summed E-state index contributed by atoms with van der Waals surface area (Å²) in [5, 5.41) is 8.28. The first-order valence-electron chi connectivity index (χ1n) is 9.09. The van der Waals surface area contributed by atoms with Gasteiger partial charge in [-0.3, -0.25) is 0 Å². The fraction of sp³-hybridized carbons (Fsp3) is 0.286. The number of nitrogens with zero attached hydrogens (tertiary/aromatic N) is 2. The van der Waals surface area contributed by atoms with Gasteiger partial charge in [-0.15, -0.1) is 0 Å². The smallest absolute Gasteiger partial charge is 0.369 e. The van der Waals surface area contributed by atoms with Crippen LogP contribution in [0, 0.1) is 0 Å². The molecule has 1 N–H and O–H groups in total. The zero-order chi connectivity index (χ0) is 20.1. The Balaban J connectivity index is 1.93. The Bertz CT molecular complexity index is 1040. The molecule has 7 heteroatoms. The highest BCUT2D eigenvalue weighted by Crippen LogP contribution is 2.41. The first kappa shape index (κ1) is 18.9. The summed E-state index contributed by atoms with van der Waals surface area (Å²) in [6.07, 6.45) is -3.76. The molecule has 2 heterocycles. The molecule has 146 valence electrons. The first-order valence-corrected chi connectivity index (χ1v) is 9.47. The normalized spacial score (nSPS) is 13.7. The molecule has 0 bridgehead atoms. The van der Waals surface area contributed by atoms with Crippen LogP contribution in [0.3, 0.4) is 0 Å². The van der Waals surface area contributed by atoms with Crippen molar-refractivity contribution >= 4 is 17.4 Å². The lowest BCUT2D eigenvalue weighted by molar-refractivity contribution is -0.137. The van der Waals surface area contributed by atoms with Crippen LogP contribution in [0.15, 0.2) is 42.5 Å². The molecule has 0 aliphatic carbocycles. The lowest BCUT2D eigenvalue weighted by Crippen LogP contribution is -2.08. The standard InChI is InChI=1S/C21H19ClF3N3/c1-12(2)14-5-3-4-6-18(14)28-20-15(9-10-26-20)19(27-28)16-11-13(21(23,24)25)7-8-17(16)22/h3-8,11-12,26H,9-10H2,1-2H3. The molecule has 0 saturated carbocycles. The van der Waals surface area contributed by atoms with Crippen LogP contribution in [0.5, 0.6) is 0 Å². The number of rotatable bonds is 3. The van der Waals surface area contributed by atoms with E-state index in [1.54, 1.807) is 4.68 Å². The van der Waals surface area contributed by atoms with Crippen LogP contribution in [0.25, 0.3) is 16.9 Å². The predicted molar refractivity (Wildman–Crippen MR) is 105 cm³/mol. The highest BCUT2D eigenvalue weighted by Gasteiger charge is 2.32. The molecule has 28 heavy (non-hydrogen) atoms. The maximum Gasteiger partial charge on any atom is 0.416 e. The summed E-state index contributed by atoms with van der Waals surface area (Å²) in [5.74, 6) is 1.09. The molecule has 0 atom stereocenters. The molecule has 1 aliphatic rings. The summed E-state index contributed by atoms with van der Waals surface area (Å²) >= 11 is 6.28. The monoisotopic (exact) mass is 405 g/mol. The minimum absolute atomic E-state index is 0.254. The maximum atomic E-state index is 13.2. The summed E-state index contributed by atoms with van der Waals surface area (Å²) in [6, 6.07) is 11.3. The van der Waals surface area contributed by atoms with E-state index in [9.17, 15) is 13.2 Å². The third kappa shape index (κ3) is 3.15. The largest absolute Gasteiger partial charge is 0.416 e. The molecule has 0 saturated heterocycles. The Morgan fingerprint density at radius 2 is 1.89 bits per heavy atom. The maximum absolute atomic E-state index is 13.2. The second kappa shape index (κ2) is 6.85. The summed E-state index contributed by atoms with van der Waals surface area (Å²) in [6.45, 7) is 4.90. The second-order valence-electron chi connectivity index (χ2n) is 7.17. The van der Waals surface area contributed by atoms with E-state index in [1.165, 1.54) is 6.07 Å². The molecule has 1 aromatic heterocycles. The van der Waals surface area contributed by atoms with Crippen molar-refractivity contribution in [2.24, 2.45) is 0 Å². The molecule has 1 aliphatic heterocycles. The number of halogens is 4. The van der Waals surface area contributed by atoms with Crippen LogP contribution in [0.4, 0.5) is 19.0 Å². The van der Waals surface area contributed by atoms with Crippen LogP contribution in [0.2, 0.25) is 5.02 Å². The van der Waals surface area contributed by atoms with Crippen molar-refractivity contribution < 1.29 is 13.2 Å². The minimum Gasteiger partial charge on any atom is -0.369 e. The van der Waals surface area contributed by atoms with Gasteiger partial charge in [0.2, 0.25) is 0 Å². The van der Waals surface area contributed by atoms with E-state index in [0.717, 1.165) is 34.8 Å². The number of fused-ring (bicyclic) bond motifs is 1. The number of alkyl halides is 3. The number of nitrogens with one attached hydrogen (secondary N) is 1. The molecule has 3 aromatic rings. The van der Waals surface area contributed by atoms with E-state index in [1.807, 2.05) is 24.3 Å². The van der Waals surface area contributed by atoms with Gasteiger partial charge in [0, 0.05) is 17.7 Å². The van der Waals surface area contributed by atoms with Gasteiger partial charge in [0.15, 0.2) is 0 Å². The summed E-state index contributed by atoms with van der Waals surface area (Å²) in [7, 11) is 0. The molecule has 0 amide bonds. The van der Waals surface area contributed by atoms with Crippen molar-refractivity contribution in [1.29, 1.82) is 0 Å². The number of hydrogen-bond acceptors (Lipinski definition) is 2. The fourth-order valence-electron chi connectivity index (χ4n) is 3.62. The molecule has 2 aromatic carbocycles. The van der Waals surface area contributed by atoms with E-state index >= 15 is 0 Å². The zero-order valence-corrected chi connectivity index (χ0v) is 16.2. The zero-order valence-electron chi connectivity index (χ0n) is 15.4. The van der Waals surface area contributed by atoms with Crippen molar-refractivity contribution in [2.75, 3.05) is 11.9 Å². The lowest BCUT2D eigenvalue weighted by Gasteiger charge is -2.14. The Hall–Kier alpha value is -2.47. The van der Waals surface area contributed by atoms with Crippen molar-refractivity contribution in [1.82, 2.24) is 9.78 Å².